The molecule has 0 fully saturated rings. The number of carbonyl (C=O) groups is 2. The lowest BCUT2D eigenvalue weighted by molar-refractivity contribution is -0.123. The van der Waals surface area contributed by atoms with Crippen molar-refractivity contribution < 1.29 is 27.8 Å². The van der Waals surface area contributed by atoms with Crippen molar-refractivity contribution in [2.45, 2.75) is 97.7 Å². The van der Waals surface area contributed by atoms with Gasteiger partial charge < -0.3 is 14.8 Å². The van der Waals surface area contributed by atoms with Crippen LogP contribution in [0.15, 0.2) is 90.0 Å². The molecule has 2 amide bonds. The SMILES string of the molecule is CCC(Oc1ccc(C(C)(C)CC)cc1C(C)(C)CC)C(=O)Nc1ccccc1N1N=C(c2c(F)cccc2F)C(Oc2ccc(C)cc2)C1=O. The third-order valence-corrected chi connectivity index (χ3v) is 9.96. The fourth-order valence-electron chi connectivity index (χ4n) is 5.82. The monoisotopic (exact) mass is 695 g/mol. The standard InChI is InChI=1S/C42H47F2N3O4/c1-9-34(51-35-24-21-27(41(5,6)10-2)25-29(35)42(7,8)11-3)39(48)45-32-17-12-13-18-33(32)47-40(49)38(50-28-22-19-26(4)20-23-28)37(46-47)36-30(43)15-14-16-31(36)44/h12-25,34,38H,9-11H2,1-8H3,(H,45,48). The maximum absolute atomic E-state index is 15.1. The number of amides is 2. The van der Waals surface area contributed by atoms with E-state index in [2.05, 4.69) is 64.1 Å². The Balaban J connectivity index is 1.47. The highest BCUT2D eigenvalue weighted by molar-refractivity contribution is 6.25. The molecule has 1 aliphatic rings. The summed E-state index contributed by atoms with van der Waals surface area (Å²) in [6.45, 7) is 16.8. The summed E-state index contributed by atoms with van der Waals surface area (Å²) in [5, 5.41) is 8.37. The Kier molecular flexibility index (Phi) is 11.0. The summed E-state index contributed by atoms with van der Waals surface area (Å²) < 4.78 is 42.8. The Morgan fingerprint density at radius 3 is 2.16 bits per heavy atom. The first kappa shape index (κ1) is 37.2. The van der Waals surface area contributed by atoms with Crippen LogP contribution in [0.25, 0.3) is 0 Å². The minimum absolute atomic E-state index is 0.0278. The molecule has 0 spiro atoms. The van der Waals surface area contributed by atoms with Gasteiger partial charge in [0.1, 0.15) is 28.8 Å². The summed E-state index contributed by atoms with van der Waals surface area (Å²) in [6, 6.07) is 23.2. The fourth-order valence-corrected chi connectivity index (χ4v) is 5.82. The number of rotatable bonds is 13. The van der Waals surface area contributed by atoms with E-state index >= 15 is 8.78 Å². The molecule has 1 heterocycles. The highest BCUT2D eigenvalue weighted by Crippen LogP contribution is 2.39. The average Bonchev–Trinajstić information content (AvgIpc) is 3.42. The summed E-state index contributed by atoms with van der Waals surface area (Å²) in [5.41, 5.74) is 2.73. The van der Waals surface area contributed by atoms with Gasteiger partial charge in [-0.2, -0.15) is 10.1 Å². The summed E-state index contributed by atoms with van der Waals surface area (Å²) in [7, 11) is 0. The predicted octanol–water partition coefficient (Wildman–Crippen LogP) is 9.64. The molecule has 0 bridgehead atoms. The van der Waals surface area contributed by atoms with Crippen molar-refractivity contribution in [3.8, 4) is 11.5 Å². The van der Waals surface area contributed by atoms with Crippen LogP contribution in [0.2, 0.25) is 0 Å². The normalized spacial score (nSPS) is 15.4. The topological polar surface area (TPSA) is 80.2 Å². The first-order valence-electron chi connectivity index (χ1n) is 17.5. The number of para-hydroxylation sites is 2. The molecule has 0 saturated carbocycles. The number of benzene rings is 4. The molecular formula is C42H47F2N3O4. The summed E-state index contributed by atoms with van der Waals surface area (Å²) in [4.78, 5) is 27.9. The van der Waals surface area contributed by atoms with Crippen LogP contribution in [0.1, 0.15) is 90.0 Å². The predicted molar refractivity (Wildman–Crippen MR) is 199 cm³/mol. The van der Waals surface area contributed by atoms with Gasteiger partial charge in [0.15, 0.2) is 6.10 Å². The average molecular weight is 696 g/mol. The van der Waals surface area contributed by atoms with Gasteiger partial charge in [0.2, 0.25) is 6.10 Å². The van der Waals surface area contributed by atoms with Crippen LogP contribution in [0, 0.1) is 18.6 Å². The van der Waals surface area contributed by atoms with E-state index in [9.17, 15) is 9.59 Å². The molecule has 0 aromatic heterocycles. The van der Waals surface area contributed by atoms with Crippen LogP contribution in [-0.4, -0.2) is 29.7 Å². The van der Waals surface area contributed by atoms with Gasteiger partial charge in [0, 0.05) is 5.56 Å². The second kappa shape index (κ2) is 15.1. The van der Waals surface area contributed by atoms with Gasteiger partial charge in [-0.05, 0) is 85.0 Å². The van der Waals surface area contributed by atoms with E-state index in [1.807, 2.05) is 19.9 Å². The molecule has 268 valence electrons. The molecule has 7 nitrogen and oxygen atoms in total. The zero-order chi connectivity index (χ0) is 37.1. The Morgan fingerprint density at radius 2 is 1.53 bits per heavy atom. The third-order valence-electron chi connectivity index (χ3n) is 9.96. The van der Waals surface area contributed by atoms with Crippen LogP contribution in [0.4, 0.5) is 20.2 Å². The van der Waals surface area contributed by atoms with Crippen LogP contribution in [0.5, 0.6) is 11.5 Å². The smallest absolute Gasteiger partial charge is 0.294 e. The molecule has 0 aliphatic carbocycles. The third kappa shape index (κ3) is 7.82. The lowest BCUT2D eigenvalue weighted by Crippen LogP contribution is -2.38. The molecule has 5 rings (SSSR count). The number of hydrogen-bond donors (Lipinski definition) is 1. The number of anilines is 2. The van der Waals surface area contributed by atoms with Crippen molar-refractivity contribution in [2.24, 2.45) is 5.10 Å². The molecule has 0 saturated heterocycles. The van der Waals surface area contributed by atoms with Gasteiger partial charge >= 0.3 is 0 Å². The second-order valence-electron chi connectivity index (χ2n) is 14.2. The van der Waals surface area contributed by atoms with Crippen molar-refractivity contribution in [1.82, 2.24) is 0 Å². The Bertz CT molecular complexity index is 1920. The highest BCUT2D eigenvalue weighted by atomic mass is 19.1. The maximum atomic E-state index is 15.1. The first-order valence-corrected chi connectivity index (χ1v) is 17.5. The van der Waals surface area contributed by atoms with Crippen molar-refractivity contribution >= 4 is 28.9 Å². The van der Waals surface area contributed by atoms with Crippen molar-refractivity contribution in [1.29, 1.82) is 0 Å². The maximum Gasteiger partial charge on any atom is 0.294 e. The van der Waals surface area contributed by atoms with Crippen LogP contribution >= 0.6 is 0 Å². The zero-order valence-corrected chi connectivity index (χ0v) is 30.6. The summed E-state index contributed by atoms with van der Waals surface area (Å²) in [5.74, 6) is -1.91. The van der Waals surface area contributed by atoms with Gasteiger partial charge in [-0.3, -0.25) is 9.59 Å². The summed E-state index contributed by atoms with van der Waals surface area (Å²) >= 11 is 0. The van der Waals surface area contributed by atoms with Gasteiger partial charge in [0.05, 0.1) is 16.9 Å². The number of nitrogens with one attached hydrogen (secondary N) is 1. The Morgan fingerprint density at radius 1 is 0.882 bits per heavy atom. The Labute approximate surface area is 299 Å². The molecular weight excluding hydrogens is 648 g/mol. The van der Waals surface area contributed by atoms with Crippen molar-refractivity contribution in [3.05, 3.63) is 119 Å². The molecule has 4 aromatic carbocycles. The van der Waals surface area contributed by atoms with Crippen LogP contribution in [0.3, 0.4) is 0 Å². The lowest BCUT2D eigenvalue weighted by atomic mass is 9.76. The van der Waals surface area contributed by atoms with Crippen LogP contribution in [-0.2, 0) is 20.4 Å². The molecule has 2 atom stereocenters. The van der Waals surface area contributed by atoms with E-state index in [1.165, 1.54) is 11.6 Å². The number of halogens is 2. The number of hydrazone groups is 1. The van der Waals surface area contributed by atoms with Crippen molar-refractivity contribution in [3.63, 3.8) is 0 Å². The van der Waals surface area contributed by atoms with Gasteiger partial charge in [-0.1, -0.05) is 96.5 Å². The largest absolute Gasteiger partial charge is 0.480 e. The zero-order valence-electron chi connectivity index (χ0n) is 30.6. The molecule has 4 aromatic rings. The molecule has 2 unspecified atom stereocenters. The highest BCUT2D eigenvalue weighted by Gasteiger charge is 2.42. The second-order valence-corrected chi connectivity index (χ2v) is 14.2. The molecule has 1 N–H and O–H groups in total. The van der Waals surface area contributed by atoms with E-state index < -0.39 is 41.2 Å². The van der Waals surface area contributed by atoms with E-state index in [0.29, 0.717) is 17.9 Å². The van der Waals surface area contributed by atoms with Crippen LogP contribution < -0.4 is 19.8 Å². The molecule has 1 aliphatic heterocycles. The Hall–Kier alpha value is -5.05. The van der Waals surface area contributed by atoms with E-state index in [4.69, 9.17) is 9.47 Å². The number of ether oxygens (including phenoxy) is 2. The number of carbonyl (C=O) groups excluding carboxylic acids is 2. The quantitative estimate of drug-likeness (QED) is 0.151. The first-order chi connectivity index (χ1) is 24.2. The van der Waals surface area contributed by atoms with Gasteiger partial charge in [-0.15, -0.1) is 0 Å². The van der Waals surface area contributed by atoms with E-state index in [-0.39, 0.29) is 27.9 Å². The fraction of sp³-hybridized carbons (Fsp3) is 0.357. The molecule has 0 radical (unpaired) electrons. The van der Waals surface area contributed by atoms with Gasteiger partial charge in [0.25, 0.3) is 11.8 Å². The van der Waals surface area contributed by atoms with Gasteiger partial charge in [-0.25, -0.2) is 8.78 Å². The minimum Gasteiger partial charge on any atom is -0.480 e. The van der Waals surface area contributed by atoms with Crippen molar-refractivity contribution in [2.75, 3.05) is 10.3 Å². The van der Waals surface area contributed by atoms with E-state index in [0.717, 1.165) is 41.1 Å². The molecule has 9 heteroatoms. The number of aryl methyl sites for hydroxylation is 1. The minimum atomic E-state index is -1.46. The number of hydrogen-bond acceptors (Lipinski definition) is 5. The number of nitrogens with zero attached hydrogens (tertiary/aromatic N) is 2. The molecule has 51 heavy (non-hydrogen) atoms. The summed E-state index contributed by atoms with van der Waals surface area (Å²) in [6.07, 6.45) is -0.124. The lowest BCUT2D eigenvalue weighted by Gasteiger charge is -2.31. The van der Waals surface area contributed by atoms with E-state index in [1.54, 1.807) is 48.5 Å².